The Balaban J connectivity index is 1.66. The maximum atomic E-state index is 13.6. The van der Waals surface area contributed by atoms with Crippen molar-refractivity contribution in [3.05, 3.63) is 71.8 Å². The van der Waals surface area contributed by atoms with E-state index in [2.05, 4.69) is 0 Å². The van der Waals surface area contributed by atoms with E-state index in [1.165, 1.54) is 13.8 Å². The summed E-state index contributed by atoms with van der Waals surface area (Å²) in [5, 5.41) is 8.76. The molecule has 1 unspecified atom stereocenters. The lowest BCUT2D eigenvalue weighted by Gasteiger charge is -2.49. The number of rotatable bonds is 7. The molecule has 0 spiro atoms. The summed E-state index contributed by atoms with van der Waals surface area (Å²) in [7, 11) is -4.23. The van der Waals surface area contributed by atoms with Crippen LogP contribution in [0.15, 0.2) is 60.7 Å². The van der Waals surface area contributed by atoms with Crippen molar-refractivity contribution in [2.45, 2.75) is 48.6 Å². The number of nitrogens with two attached hydrogens (primary N) is 1. The summed E-state index contributed by atoms with van der Waals surface area (Å²) in [6.45, 7) is 2.52. The number of sulfone groups is 1. The Morgan fingerprint density at radius 2 is 1.59 bits per heavy atom. The number of hydrogen-bond donors (Lipinski definition) is 2. The molecular weight excluding hydrogens is 460 g/mol. The average molecular weight is 487 g/mol. The van der Waals surface area contributed by atoms with E-state index in [0.717, 1.165) is 4.90 Å². The Hall–Kier alpha value is -3.24. The molecule has 2 aliphatic rings. The maximum Gasteiger partial charge on any atom is 0.331 e. The van der Waals surface area contributed by atoms with E-state index in [1.54, 1.807) is 60.7 Å². The number of hydrogen-bond acceptors (Lipinski definition) is 7. The smallest absolute Gasteiger partial charge is 0.331 e. The number of benzene rings is 2. The van der Waals surface area contributed by atoms with Gasteiger partial charge in [-0.1, -0.05) is 60.7 Å². The first-order valence-corrected chi connectivity index (χ1v) is 12.3. The van der Waals surface area contributed by atoms with Gasteiger partial charge in [-0.15, -0.1) is 0 Å². The topological polar surface area (TPSA) is 144 Å². The van der Waals surface area contributed by atoms with Crippen molar-refractivity contribution in [1.82, 2.24) is 4.90 Å². The van der Waals surface area contributed by atoms with Gasteiger partial charge in [0.1, 0.15) is 22.8 Å². The molecule has 2 fully saturated rings. The van der Waals surface area contributed by atoms with Crippen LogP contribution in [0.25, 0.3) is 0 Å². The van der Waals surface area contributed by atoms with Gasteiger partial charge in [0.15, 0.2) is 15.4 Å². The minimum absolute atomic E-state index is 0.0893. The van der Waals surface area contributed by atoms with Gasteiger partial charge < -0.3 is 20.5 Å². The number of esters is 1. The number of nitrogens with zero attached hydrogens (tertiary/aromatic N) is 1. The Kier molecular flexibility index (Phi) is 5.77. The average Bonchev–Trinajstić information content (AvgIpc) is 2.92. The van der Waals surface area contributed by atoms with Gasteiger partial charge in [0, 0.05) is 6.42 Å². The third kappa shape index (κ3) is 3.24. The van der Waals surface area contributed by atoms with E-state index in [1.807, 2.05) is 0 Å². The highest BCUT2D eigenvalue weighted by Gasteiger charge is 2.80. The quantitative estimate of drug-likeness (QED) is 0.438. The van der Waals surface area contributed by atoms with Gasteiger partial charge in [-0.3, -0.25) is 9.59 Å². The summed E-state index contributed by atoms with van der Waals surface area (Å²) >= 11 is 0. The predicted molar refractivity (Wildman–Crippen MR) is 122 cm³/mol. The van der Waals surface area contributed by atoms with Gasteiger partial charge >= 0.3 is 11.9 Å². The SMILES string of the molecule is CC1(C)[C@](Cc2ccccc2)(C(=O)O)N2C(=O)[C@H](C(N)C(=O)OCc3ccccc3)[C@H]2S1(=O)=O. The third-order valence-electron chi connectivity index (χ3n) is 7.06. The molecule has 0 aliphatic carbocycles. The van der Waals surface area contributed by atoms with Crippen LogP contribution in [0.1, 0.15) is 25.0 Å². The molecule has 10 heteroatoms. The lowest BCUT2D eigenvalue weighted by atomic mass is 9.74. The summed E-state index contributed by atoms with van der Waals surface area (Å²) in [6.07, 6.45) is -0.210. The van der Waals surface area contributed by atoms with Crippen LogP contribution < -0.4 is 5.73 Å². The Morgan fingerprint density at radius 3 is 2.12 bits per heavy atom. The largest absolute Gasteiger partial charge is 0.479 e. The number of carbonyl (C=O) groups excluding carboxylic acids is 2. The molecule has 0 radical (unpaired) electrons. The number of β-lactam (4-membered cyclic amide) rings is 1. The zero-order valence-corrected chi connectivity index (χ0v) is 19.6. The van der Waals surface area contributed by atoms with Gasteiger partial charge in [-0.2, -0.15) is 0 Å². The standard InChI is InChI=1S/C24H26N2O7S/c1-23(2)24(22(29)30,13-15-9-5-3-6-10-15)26-19(27)17(20(26)34(23,31)32)18(25)21(28)33-14-16-11-7-4-8-12-16/h3-12,17-18,20H,13-14,25H2,1-2H3,(H,29,30)/t17-,18?,20+,24-/m0/s1. The van der Waals surface area contributed by atoms with Crippen molar-refractivity contribution in [2.75, 3.05) is 0 Å². The van der Waals surface area contributed by atoms with E-state index >= 15 is 0 Å². The molecular formula is C24H26N2O7S. The third-order valence-corrected chi connectivity index (χ3v) is 9.96. The number of amides is 1. The van der Waals surface area contributed by atoms with Crippen LogP contribution in [-0.4, -0.2) is 58.0 Å². The molecule has 180 valence electrons. The molecule has 1 amide bonds. The van der Waals surface area contributed by atoms with Gasteiger partial charge in [0.05, 0.1) is 5.92 Å². The van der Waals surface area contributed by atoms with Crippen LogP contribution in [0, 0.1) is 5.92 Å². The highest BCUT2D eigenvalue weighted by Crippen LogP contribution is 2.56. The fourth-order valence-corrected chi connectivity index (χ4v) is 7.54. The Morgan fingerprint density at radius 1 is 1.06 bits per heavy atom. The zero-order chi connectivity index (χ0) is 24.9. The van der Waals surface area contributed by atoms with E-state index in [0.29, 0.717) is 11.1 Å². The highest BCUT2D eigenvalue weighted by atomic mass is 32.2. The molecule has 34 heavy (non-hydrogen) atoms. The summed E-state index contributed by atoms with van der Waals surface area (Å²) in [5.74, 6) is -4.57. The van der Waals surface area contributed by atoms with Gasteiger partial charge in [0.25, 0.3) is 0 Å². The van der Waals surface area contributed by atoms with Crippen LogP contribution in [0.2, 0.25) is 0 Å². The molecule has 4 rings (SSSR count). The lowest BCUT2D eigenvalue weighted by molar-refractivity contribution is -0.178. The van der Waals surface area contributed by atoms with Crippen molar-refractivity contribution >= 4 is 27.7 Å². The minimum atomic E-state index is -4.23. The number of fused-ring (bicyclic) bond motifs is 1. The van der Waals surface area contributed by atoms with E-state index in [9.17, 15) is 27.9 Å². The molecule has 3 N–H and O–H groups in total. The monoisotopic (exact) mass is 486 g/mol. The number of carbonyl (C=O) groups is 3. The lowest BCUT2D eigenvalue weighted by Crippen LogP contribution is -2.74. The molecule has 2 aliphatic heterocycles. The van der Waals surface area contributed by atoms with Crippen molar-refractivity contribution in [1.29, 1.82) is 0 Å². The highest BCUT2D eigenvalue weighted by molar-refractivity contribution is 7.94. The molecule has 2 aromatic carbocycles. The second kappa shape index (κ2) is 8.21. The van der Waals surface area contributed by atoms with Crippen LogP contribution in [0.5, 0.6) is 0 Å². The molecule has 4 atom stereocenters. The molecule has 0 saturated carbocycles. The summed E-state index contributed by atoms with van der Waals surface area (Å²) < 4.78 is 30.5. The van der Waals surface area contributed by atoms with Gasteiger partial charge in [-0.05, 0) is 25.0 Å². The number of ether oxygens (including phenoxy) is 1. The fourth-order valence-electron chi connectivity index (χ4n) is 4.98. The van der Waals surface area contributed by atoms with Crippen LogP contribution in [0.3, 0.4) is 0 Å². The second-order valence-electron chi connectivity index (χ2n) is 9.13. The summed E-state index contributed by atoms with van der Waals surface area (Å²) in [4.78, 5) is 39.4. The number of carboxylic acids is 1. The first kappa shape index (κ1) is 23.9. The number of carboxylic acid groups (broad SMARTS) is 1. The zero-order valence-electron chi connectivity index (χ0n) is 18.7. The van der Waals surface area contributed by atoms with Crippen molar-refractivity contribution in [2.24, 2.45) is 11.7 Å². The van der Waals surface area contributed by atoms with E-state index in [-0.39, 0.29) is 13.0 Å². The molecule has 2 aromatic rings. The van der Waals surface area contributed by atoms with E-state index < -0.39 is 55.3 Å². The number of aliphatic carboxylic acids is 1. The van der Waals surface area contributed by atoms with Crippen LogP contribution >= 0.6 is 0 Å². The van der Waals surface area contributed by atoms with Gasteiger partial charge in [-0.25, -0.2) is 13.2 Å². The fraction of sp³-hybridized carbons (Fsp3) is 0.375. The molecule has 0 bridgehead atoms. The molecule has 2 saturated heterocycles. The normalized spacial score (nSPS) is 27.4. The van der Waals surface area contributed by atoms with E-state index in [4.69, 9.17) is 10.5 Å². The first-order valence-electron chi connectivity index (χ1n) is 10.8. The van der Waals surface area contributed by atoms with Crippen molar-refractivity contribution < 1.29 is 32.6 Å². The molecule has 0 aromatic heterocycles. The predicted octanol–water partition coefficient (Wildman–Crippen LogP) is 1.11. The Bertz CT molecular complexity index is 1230. The minimum Gasteiger partial charge on any atom is -0.479 e. The van der Waals surface area contributed by atoms with Gasteiger partial charge in [0.2, 0.25) is 5.91 Å². The molecule has 9 nitrogen and oxygen atoms in total. The second-order valence-corrected chi connectivity index (χ2v) is 11.7. The van der Waals surface area contributed by atoms with Crippen molar-refractivity contribution in [3.63, 3.8) is 0 Å². The molecule has 2 heterocycles. The van der Waals surface area contributed by atoms with Crippen LogP contribution in [-0.2, 0) is 42.0 Å². The van der Waals surface area contributed by atoms with Crippen molar-refractivity contribution in [3.8, 4) is 0 Å². The summed E-state index contributed by atoms with van der Waals surface area (Å²) in [6, 6.07) is 15.8. The summed E-state index contributed by atoms with van der Waals surface area (Å²) in [5.41, 5.74) is 5.24. The Labute approximate surface area is 197 Å². The van der Waals surface area contributed by atoms with Crippen LogP contribution in [0.4, 0.5) is 0 Å². The maximum absolute atomic E-state index is 13.6. The first-order chi connectivity index (χ1) is 16.0.